The highest BCUT2D eigenvalue weighted by atomic mass is 16.7. The second-order valence-electron chi connectivity index (χ2n) is 4.22. The van der Waals surface area contributed by atoms with E-state index in [2.05, 4.69) is 15.1 Å². The fourth-order valence-electron chi connectivity index (χ4n) is 1.99. The third kappa shape index (κ3) is 1.92. The van der Waals surface area contributed by atoms with Gasteiger partial charge in [0.25, 0.3) is 0 Å². The molecule has 0 aliphatic carbocycles. The third-order valence-electron chi connectivity index (χ3n) is 2.94. The van der Waals surface area contributed by atoms with Crippen molar-refractivity contribution < 1.29 is 14.8 Å². The molecule has 1 N–H and O–H groups in total. The molecule has 1 aliphatic heterocycles. The Morgan fingerprint density at radius 2 is 2.28 bits per heavy atom. The van der Waals surface area contributed by atoms with Crippen LogP contribution in [0.15, 0.2) is 29.6 Å². The molecule has 6 nitrogen and oxygen atoms in total. The highest BCUT2D eigenvalue weighted by Crippen LogP contribution is 2.17. The lowest BCUT2D eigenvalue weighted by Crippen LogP contribution is -2.00. The molecule has 18 heavy (non-hydrogen) atoms. The second kappa shape index (κ2) is 4.14. The molecule has 1 aromatic heterocycles. The van der Waals surface area contributed by atoms with Gasteiger partial charge in [-0.05, 0) is 30.5 Å². The number of benzene rings is 1. The fraction of sp³-hybridized carbons (Fsp3) is 0.250. The zero-order chi connectivity index (χ0) is 12.5. The Bertz CT molecular complexity index is 645. The molecule has 1 aliphatic rings. The number of aromatic nitrogens is 2. The number of carbonyl (C=O) groups is 1. The highest BCUT2D eigenvalue weighted by molar-refractivity contribution is 6.01. The topological polar surface area (TPSA) is 76.7 Å². The van der Waals surface area contributed by atoms with Gasteiger partial charge in [-0.15, -0.1) is 9.94 Å². The summed E-state index contributed by atoms with van der Waals surface area (Å²) in [4.78, 5) is 16.3. The normalized spacial score (nSPS) is 14.9. The van der Waals surface area contributed by atoms with E-state index in [0.717, 1.165) is 27.9 Å². The van der Waals surface area contributed by atoms with Gasteiger partial charge in [0.1, 0.15) is 5.52 Å². The van der Waals surface area contributed by atoms with Crippen LogP contribution in [0, 0.1) is 0 Å². The van der Waals surface area contributed by atoms with E-state index in [4.69, 9.17) is 0 Å². The van der Waals surface area contributed by atoms with Crippen LogP contribution in [0.2, 0.25) is 0 Å². The van der Waals surface area contributed by atoms with Crippen molar-refractivity contribution in [2.45, 2.75) is 19.3 Å². The molecule has 6 heteroatoms. The van der Waals surface area contributed by atoms with Crippen LogP contribution in [0.3, 0.4) is 0 Å². The van der Waals surface area contributed by atoms with Gasteiger partial charge in [0.2, 0.25) is 0 Å². The number of oxime groups is 1. The minimum Gasteiger partial charge on any atom is -0.411 e. The summed E-state index contributed by atoms with van der Waals surface area (Å²) in [7, 11) is 0. The smallest absolute Gasteiger partial charge is 0.340 e. The summed E-state index contributed by atoms with van der Waals surface area (Å²) in [5, 5.41) is 17.7. The van der Waals surface area contributed by atoms with Gasteiger partial charge in [-0.3, -0.25) is 0 Å². The van der Waals surface area contributed by atoms with Gasteiger partial charge in [-0.2, -0.15) is 0 Å². The summed E-state index contributed by atoms with van der Waals surface area (Å²) in [5.74, 6) is -0.290. The number of nitrogens with zero attached hydrogens (tertiary/aromatic N) is 3. The van der Waals surface area contributed by atoms with E-state index in [1.807, 2.05) is 18.2 Å². The third-order valence-corrected chi connectivity index (χ3v) is 2.94. The van der Waals surface area contributed by atoms with Crippen molar-refractivity contribution in [2.75, 3.05) is 0 Å². The first-order valence-corrected chi connectivity index (χ1v) is 5.64. The molecule has 0 spiro atoms. The number of carbonyl (C=O) groups excluding carboxylic acids is 1. The molecule has 0 saturated heterocycles. The molecule has 0 fully saturated rings. The molecule has 2 aromatic rings. The molecule has 92 valence electrons. The Labute approximate surface area is 102 Å². The standard InChI is InChI=1S/C12H11N3O3/c16-12-6-10(14-18-12)3-1-8-2-4-11-9(5-8)7-13-15(11)17/h2,4-5,7,17H,1,3,6H2. The number of hydrogen-bond acceptors (Lipinski definition) is 5. The summed E-state index contributed by atoms with van der Waals surface area (Å²) in [5.41, 5.74) is 2.56. The summed E-state index contributed by atoms with van der Waals surface area (Å²) in [6.45, 7) is 0. The maximum atomic E-state index is 10.9. The summed E-state index contributed by atoms with van der Waals surface area (Å²) in [6, 6.07) is 5.71. The molecular weight excluding hydrogens is 234 g/mol. The van der Waals surface area contributed by atoms with Crippen molar-refractivity contribution in [3.63, 3.8) is 0 Å². The Balaban J connectivity index is 1.73. The summed E-state index contributed by atoms with van der Waals surface area (Å²) >= 11 is 0. The minimum absolute atomic E-state index is 0.289. The first kappa shape index (κ1) is 10.8. The molecule has 2 heterocycles. The zero-order valence-corrected chi connectivity index (χ0v) is 9.54. The van der Waals surface area contributed by atoms with Gasteiger partial charge >= 0.3 is 5.97 Å². The van der Waals surface area contributed by atoms with Crippen LogP contribution in [0.4, 0.5) is 0 Å². The Morgan fingerprint density at radius 1 is 1.39 bits per heavy atom. The van der Waals surface area contributed by atoms with E-state index in [0.29, 0.717) is 11.9 Å². The lowest BCUT2D eigenvalue weighted by molar-refractivity contribution is -0.140. The van der Waals surface area contributed by atoms with Crippen LogP contribution in [-0.4, -0.2) is 26.8 Å². The molecule has 0 radical (unpaired) electrons. The predicted molar refractivity (Wildman–Crippen MR) is 63.4 cm³/mol. The van der Waals surface area contributed by atoms with Crippen molar-refractivity contribution in [1.29, 1.82) is 0 Å². The maximum absolute atomic E-state index is 10.9. The molecule has 0 atom stereocenters. The van der Waals surface area contributed by atoms with Crippen molar-refractivity contribution in [3.8, 4) is 0 Å². The SMILES string of the molecule is O=C1CC(CCc2ccc3c(cnn3O)c2)=NO1. The number of aryl methyl sites for hydroxylation is 1. The largest absolute Gasteiger partial charge is 0.411 e. The van der Waals surface area contributed by atoms with Gasteiger partial charge in [0.15, 0.2) is 0 Å². The van der Waals surface area contributed by atoms with Crippen molar-refractivity contribution >= 4 is 22.6 Å². The van der Waals surface area contributed by atoms with E-state index < -0.39 is 0 Å². The van der Waals surface area contributed by atoms with Crippen LogP contribution in [-0.2, 0) is 16.1 Å². The van der Waals surface area contributed by atoms with Crippen LogP contribution >= 0.6 is 0 Å². The molecule has 0 amide bonds. The zero-order valence-electron chi connectivity index (χ0n) is 9.54. The lowest BCUT2D eigenvalue weighted by Gasteiger charge is -2.00. The van der Waals surface area contributed by atoms with Crippen molar-refractivity contribution in [1.82, 2.24) is 9.94 Å². The summed E-state index contributed by atoms with van der Waals surface area (Å²) in [6.07, 6.45) is 3.38. The molecule has 1 aromatic carbocycles. The first-order chi connectivity index (χ1) is 8.72. The van der Waals surface area contributed by atoms with Gasteiger partial charge in [-0.1, -0.05) is 11.2 Å². The molecule has 0 saturated carbocycles. The average Bonchev–Trinajstić information content (AvgIpc) is 2.94. The quantitative estimate of drug-likeness (QED) is 0.656. The molecular formula is C12H11N3O3. The number of rotatable bonds is 3. The number of hydrogen-bond donors (Lipinski definition) is 1. The van der Waals surface area contributed by atoms with Gasteiger partial charge in [-0.25, -0.2) is 4.79 Å². The lowest BCUT2D eigenvalue weighted by atomic mass is 10.0. The Morgan fingerprint density at radius 3 is 3.06 bits per heavy atom. The molecule has 0 bridgehead atoms. The van der Waals surface area contributed by atoms with Crippen LogP contribution in [0.25, 0.3) is 10.9 Å². The van der Waals surface area contributed by atoms with Crippen LogP contribution in [0.5, 0.6) is 0 Å². The average molecular weight is 245 g/mol. The monoisotopic (exact) mass is 245 g/mol. The van der Waals surface area contributed by atoms with Gasteiger partial charge < -0.3 is 10.0 Å². The maximum Gasteiger partial charge on any atom is 0.340 e. The highest BCUT2D eigenvalue weighted by Gasteiger charge is 2.16. The van der Waals surface area contributed by atoms with E-state index in [1.165, 1.54) is 0 Å². The van der Waals surface area contributed by atoms with Crippen molar-refractivity contribution in [2.24, 2.45) is 5.16 Å². The van der Waals surface area contributed by atoms with E-state index in [9.17, 15) is 10.0 Å². The van der Waals surface area contributed by atoms with Gasteiger partial charge in [0, 0.05) is 5.39 Å². The minimum atomic E-state index is -0.290. The second-order valence-corrected chi connectivity index (χ2v) is 4.22. The Hall–Kier alpha value is -2.37. The van der Waals surface area contributed by atoms with Crippen LogP contribution < -0.4 is 0 Å². The van der Waals surface area contributed by atoms with E-state index in [1.54, 1.807) is 6.20 Å². The van der Waals surface area contributed by atoms with Crippen molar-refractivity contribution in [3.05, 3.63) is 30.0 Å². The van der Waals surface area contributed by atoms with Crippen LogP contribution in [0.1, 0.15) is 18.4 Å². The predicted octanol–water partition coefficient (Wildman–Crippen LogP) is 1.51. The van der Waals surface area contributed by atoms with Gasteiger partial charge in [0.05, 0.1) is 18.3 Å². The number of fused-ring (bicyclic) bond motifs is 1. The Kier molecular flexibility index (Phi) is 2.47. The molecule has 0 unspecified atom stereocenters. The molecule has 3 rings (SSSR count). The van der Waals surface area contributed by atoms with E-state index >= 15 is 0 Å². The first-order valence-electron chi connectivity index (χ1n) is 5.64. The summed E-state index contributed by atoms with van der Waals surface area (Å²) < 4.78 is 0. The fourth-order valence-corrected chi connectivity index (χ4v) is 1.99. The van der Waals surface area contributed by atoms with E-state index in [-0.39, 0.29) is 12.4 Å².